The van der Waals surface area contributed by atoms with Gasteiger partial charge in [0.15, 0.2) is 0 Å². The molecule has 184 valence electrons. The Morgan fingerprint density at radius 1 is 1.22 bits per heavy atom. The van der Waals surface area contributed by atoms with E-state index in [4.69, 9.17) is 9.47 Å². The topological polar surface area (TPSA) is 114 Å². The van der Waals surface area contributed by atoms with Gasteiger partial charge in [0.05, 0.1) is 11.4 Å². The fraction of sp³-hybridized carbons (Fsp3) is 0.259. The maximum atomic E-state index is 13.2. The molecule has 0 bridgehead atoms. The molecule has 1 aromatic carbocycles. The zero-order chi connectivity index (χ0) is 25.9. The standard InChI is InChI=1S/C27H26N4O5/c1-17-23(6-5-12-28-17)36-19-10-13-29-20(15-19)25(32)30-21-16-35-24-8-7-18(9-11-27(2,3)34)14-22(24)31(4)26(21)33/h5-8,10,12-15,21,34H,16H2,1-4H3,(H,30,32)/t21-/m0/s1. The molecule has 1 aliphatic heterocycles. The summed E-state index contributed by atoms with van der Waals surface area (Å²) in [6.45, 7) is 4.94. The van der Waals surface area contributed by atoms with Crippen LogP contribution in [0.2, 0.25) is 0 Å². The van der Waals surface area contributed by atoms with Gasteiger partial charge in [-0.05, 0) is 57.2 Å². The summed E-state index contributed by atoms with van der Waals surface area (Å²) in [6, 6.07) is 10.9. The number of anilines is 1. The molecule has 0 saturated carbocycles. The number of hydrogen-bond donors (Lipinski definition) is 2. The zero-order valence-electron chi connectivity index (χ0n) is 20.4. The lowest BCUT2D eigenvalue weighted by molar-refractivity contribution is -0.120. The molecule has 0 unspecified atom stereocenters. The highest BCUT2D eigenvalue weighted by molar-refractivity contribution is 6.03. The number of aromatic nitrogens is 2. The van der Waals surface area contributed by atoms with Crippen LogP contribution in [0.5, 0.6) is 17.2 Å². The van der Waals surface area contributed by atoms with Crippen molar-refractivity contribution in [2.45, 2.75) is 32.4 Å². The van der Waals surface area contributed by atoms with E-state index in [2.05, 4.69) is 27.1 Å². The first kappa shape index (κ1) is 24.7. The summed E-state index contributed by atoms with van der Waals surface area (Å²) < 4.78 is 11.7. The van der Waals surface area contributed by atoms with Crippen molar-refractivity contribution in [2.24, 2.45) is 0 Å². The van der Waals surface area contributed by atoms with Crippen molar-refractivity contribution in [1.29, 1.82) is 0 Å². The molecule has 36 heavy (non-hydrogen) atoms. The van der Waals surface area contributed by atoms with Crippen LogP contribution in [0, 0.1) is 18.8 Å². The molecule has 0 saturated heterocycles. The second-order valence-electron chi connectivity index (χ2n) is 8.79. The summed E-state index contributed by atoms with van der Waals surface area (Å²) in [5, 5.41) is 12.6. The van der Waals surface area contributed by atoms with Gasteiger partial charge in [-0.1, -0.05) is 11.8 Å². The number of nitrogens with zero attached hydrogens (tertiary/aromatic N) is 3. The van der Waals surface area contributed by atoms with Gasteiger partial charge in [0.1, 0.15) is 41.2 Å². The first-order valence-corrected chi connectivity index (χ1v) is 11.3. The molecule has 2 N–H and O–H groups in total. The van der Waals surface area contributed by atoms with E-state index in [0.717, 1.165) is 0 Å². The molecule has 2 aromatic heterocycles. The summed E-state index contributed by atoms with van der Waals surface area (Å²) in [4.78, 5) is 35.8. The van der Waals surface area contributed by atoms with E-state index in [0.29, 0.717) is 34.2 Å². The minimum atomic E-state index is -1.15. The normalized spacial score (nSPS) is 15.1. The lowest BCUT2D eigenvalue weighted by Gasteiger charge is -2.20. The fourth-order valence-electron chi connectivity index (χ4n) is 3.44. The molecule has 2 amide bonds. The minimum absolute atomic E-state index is 0.0539. The van der Waals surface area contributed by atoms with Crippen molar-refractivity contribution in [2.75, 3.05) is 18.6 Å². The highest BCUT2D eigenvalue weighted by atomic mass is 16.5. The molecule has 1 atom stereocenters. The zero-order valence-corrected chi connectivity index (χ0v) is 20.4. The molecule has 0 radical (unpaired) electrons. The van der Waals surface area contributed by atoms with Crippen LogP contribution < -0.4 is 19.7 Å². The Labute approximate surface area is 209 Å². The molecule has 1 aliphatic rings. The van der Waals surface area contributed by atoms with Gasteiger partial charge < -0.3 is 24.8 Å². The number of ether oxygens (including phenoxy) is 2. The van der Waals surface area contributed by atoms with Crippen LogP contribution in [0.4, 0.5) is 5.69 Å². The number of carbonyl (C=O) groups excluding carboxylic acids is 2. The maximum Gasteiger partial charge on any atom is 0.270 e. The molecule has 0 spiro atoms. The number of aliphatic hydroxyl groups is 1. The largest absolute Gasteiger partial charge is 0.489 e. The number of fused-ring (bicyclic) bond motifs is 1. The number of rotatable bonds is 4. The number of benzene rings is 1. The predicted molar refractivity (Wildman–Crippen MR) is 133 cm³/mol. The average Bonchev–Trinajstić information content (AvgIpc) is 2.96. The molecule has 9 heteroatoms. The van der Waals surface area contributed by atoms with Crippen LogP contribution in [0.25, 0.3) is 0 Å². The average molecular weight is 487 g/mol. The Balaban J connectivity index is 1.49. The van der Waals surface area contributed by atoms with Crippen molar-refractivity contribution >= 4 is 17.5 Å². The van der Waals surface area contributed by atoms with Crippen LogP contribution in [-0.4, -0.2) is 52.2 Å². The van der Waals surface area contributed by atoms with E-state index in [1.165, 1.54) is 17.2 Å². The lowest BCUT2D eigenvalue weighted by Crippen LogP contribution is -2.49. The molecular weight excluding hydrogens is 460 g/mol. The monoisotopic (exact) mass is 486 g/mol. The molecular formula is C27H26N4O5. The smallest absolute Gasteiger partial charge is 0.270 e. The number of carbonyl (C=O) groups is 2. The van der Waals surface area contributed by atoms with Gasteiger partial charge in [0.2, 0.25) is 0 Å². The molecule has 0 aliphatic carbocycles. The van der Waals surface area contributed by atoms with Crippen molar-refractivity contribution in [1.82, 2.24) is 15.3 Å². The number of nitrogens with one attached hydrogen (secondary N) is 1. The molecule has 3 aromatic rings. The highest BCUT2D eigenvalue weighted by Crippen LogP contribution is 2.31. The van der Waals surface area contributed by atoms with Gasteiger partial charge in [-0.25, -0.2) is 0 Å². The molecule has 0 fully saturated rings. The van der Waals surface area contributed by atoms with Crippen LogP contribution in [-0.2, 0) is 4.79 Å². The first-order valence-electron chi connectivity index (χ1n) is 11.3. The summed E-state index contributed by atoms with van der Waals surface area (Å²) in [5.41, 5.74) is 0.785. The SMILES string of the molecule is Cc1ncccc1Oc1ccnc(C(=O)N[C@H]2COc3ccc(C#CC(C)(C)O)cc3N(C)C2=O)c1. The van der Waals surface area contributed by atoms with Crippen molar-refractivity contribution in [3.8, 4) is 29.1 Å². The number of pyridine rings is 2. The van der Waals surface area contributed by atoms with Crippen LogP contribution in [0.1, 0.15) is 35.6 Å². The van der Waals surface area contributed by atoms with Crippen molar-refractivity contribution < 1.29 is 24.2 Å². The molecule has 9 nitrogen and oxygen atoms in total. The number of likely N-dealkylation sites (N-methyl/N-ethyl adjacent to an activating group) is 1. The summed E-state index contributed by atoms with van der Waals surface area (Å²) in [7, 11) is 1.60. The third-order valence-electron chi connectivity index (χ3n) is 5.32. The van der Waals surface area contributed by atoms with Crippen molar-refractivity contribution in [3.63, 3.8) is 0 Å². The summed E-state index contributed by atoms with van der Waals surface area (Å²) in [6.07, 6.45) is 3.12. The van der Waals surface area contributed by atoms with Gasteiger partial charge in [0, 0.05) is 31.1 Å². The Bertz CT molecular complexity index is 1370. The quantitative estimate of drug-likeness (QED) is 0.545. The van der Waals surface area contributed by atoms with E-state index < -0.39 is 17.6 Å². The van der Waals surface area contributed by atoms with Crippen molar-refractivity contribution in [3.05, 3.63) is 71.8 Å². The van der Waals surface area contributed by atoms with Gasteiger partial charge in [-0.15, -0.1) is 0 Å². The number of amides is 2. The summed E-state index contributed by atoms with van der Waals surface area (Å²) in [5.74, 6) is 6.21. The summed E-state index contributed by atoms with van der Waals surface area (Å²) >= 11 is 0. The Morgan fingerprint density at radius 2 is 2.03 bits per heavy atom. The Morgan fingerprint density at radius 3 is 2.78 bits per heavy atom. The minimum Gasteiger partial charge on any atom is -0.489 e. The fourth-order valence-corrected chi connectivity index (χ4v) is 3.44. The van der Waals surface area contributed by atoms with E-state index in [-0.39, 0.29) is 18.2 Å². The van der Waals surface area contributed by atoms with Crippen LogP contribution in [0.3, 0.4) is 0 Å². The molecule has 3 heterocycles. The van der Waals surface area contributed by atoms with Gasteiger partial charge >= 0.3 is 0 Å². The predicted octanol–water partition coefficient (Wildman–Crippen LogP) is 2.85. The molecule has 4 rings (SSSR count). The van der Waals surface area contributed by atoms with Gasteiger partial charge in [-0.2, -0.15) is 0 Å². The Kier molecular flexibility index (Phi) is 6.90. The van der Waals surface area contributed by atoms with Crippen LogP contribution >= 0.6 is 0 Å². The number of aryl methyl sites for hydroxylation is 1. The highest BCUT2D eigenvalue weighted by Gasteiger charge is 2.31. The van der Waals surface area contributed by atoms with E-state index in [1.807, 2.05) is 6.92 Å². The third-order valence-corrected chi connectivity index (χ3v) is 5.32. The Hall–Kier alpha value is -4.42. The first-order chi connectivity index (χ1) is 17.1. The lowest BCUT2D eigenvalue weighted by atomic mass is 10.1. The van der Waals surface area contributed by atoms with Crippen LogP contribution in [0.15, 0.2) is 54.9 Å². The van der Waals surface area contributed by atoms with Gasteiger partial charge in [-0.3, -0.25) is 19.6 Å². The second-order valence-corrected chi connectivity index (χ2v) is 8.79. The van der Waals surface area contributed by atoms with Gasteiger partial charge in [0.25, 0.3) is 11.8 Å². The van der Waals surface area contributed by atoms with E-state index in [1.54, 1.807) is 63.5 Å². The maximum absolute atomic E-state index is 13.2. The van der Waals surface area contributed by atoms with E-state index >= 15 is 0 Å². The second kappa shape index (κ2) is 10.1. The third kappa shape index (κ3) is 5.79. The van der Waals surface area contributed by atoms with E-state index in [9.17, 15) is 14.7 Å². The number of hydrogen-bond acceptors (Lipinski definition) is 7.